The summed E-state index contributed by atoms with van der Waals surface area (Å²) in [6.07, 6.45) is 0.832. The Morgan fingerprint density at radius 1 is 1.42 bits per heavy atom. The van der Waals surface area contributed by atoms with Crippen molar-refractivity contribution < 1.29 is 9.13 Å². The van der Waals surface area contributed by atoms with E-state index < -0.39 is 0 Å². The fourth-order valence-corrected chi connectivity index (χ4v) is 3.55. The third-order valence-electron chi connectivity index (χ3n) is 3.67. The molecule has 8 nitrogen and oxygen atoms in total. The van der Waals surface area contributed by atoms with Crippen molar-refractivity contribution in [1.82, 2.24) is 26.2 Å². The Morgan fingerprint density at radius 2 is 2.33 bits per heavy atom. The molecule has 2 aromatic rings. The van der Waals surface area contributed by atoms with Gasteiger partial charge in [-0.05, 0) is 34.1 Å². The largest absolute Gasteiger partial charge is 0.487 e. The second-order valence-electron chi connectivity index (χ2n) is 5.24. The molecule has 2 aliphatic heterocycles. The predicted octanol–water partition coefficient (Wildman–Crippen LogP) is 1.69. The fourth-order valence-electron chi connectivity index (χ4n) is 2.59. The van der Waals surface area contributed by atoms with Crippen LogP contribution in [0.15, 0.2) is 33.3 Å². The summed E-state index contributed by atoms with van der Waals surface area (Å²) in [6.45, 7) is 1.46. The van der Waals surface area contributed by atoms with Crippen LogP contribution in [-0.4, -0.2) is 40.3 Å². The summed E-state index contributed by atoms with van der Waals surface area (Å²) in [5.74, 6) is 1.05. The molecule has 1 saturated heterocycles. The lowest BCUT2D eigenvalue weighted by Gasteiger charge is -2.23. The van der Waals surface area contributed by atoms with Crippen molar-refractivity contribution in [3.05, 3.63) is 34.0 Å². The number of anilines is 1. The molecule has 4 rings (SSSR count). The van der Waals surface area contributed by atoms with Gasteiger partial charge in [-0.15, -0.1) is 20.8 Å². The summed E-state index contributed by atoms with van der Waals surface area (Å²) in [6, 6.07) is 4.42. The SMILES string of the molecule is Fc1ccc(O[C@H]2CCN(C3=NNNN3c3nncs3)C2)c(Br)c1. The molecule has 1 atom stereocenters. The van der Waals surface area contributed by atoms with Gasteiger partial charge < -0.3 is 9.64 Å². The highest BCUT2D eigenvalue weighted by Crippen LogP contribution is 2.28. The van der Waals surface area contributed by atoms with E-state index in [1.165, 1.54) is 23.5 Å². The van der Waals surface area contributed by atoms with E-state index in [1.54, 1.807) is 16.6 Å². The highest BCUT2D eigenvalue weighted by atomic mass is 79.9. The second kappa shape index (κ2) is 6.49. The van der Waals surface area contributed by atoms with Crippen LogP contribution in [0.5, 0.6) is 5.75 Å². The predicted molar refractivity (Wildman–Crippen MR) is 90.8 cm³/mol. The van der Waals surface area contributed by atoms with Gasteiger partial charge in [0, 0.05) is 13.0 Å². The number of nitrogens with zero attached hydrogens (tertiary/aromatic N) is 5. The Hall–Kier alpha value is -1.98. The van der Waals surface area contributed by atoms with Gasteiger partial charge in [-0.1, -0.05) is 11.3 Å². The maximum Gasteiger partial charge on any atom is 0.243 e. The highest BCUT2D eigenvalue weighted by Gasteiger charge is 2.33. The number of aromatic nitrogens is 2. The normalized spacial score (nSPS) is 20.2. The van der Waals surface area contributed by atoms with E-state index in [0.717, 1.165) is 18.9 Å². The zero-order chi connectivity index (χ0) is 16.5. The van der Waals surface area contributed by atoms with E-state index >= 15 is 0 Å². The number of ether oxygens (including phenoxy) is 1. The Balaban J connectivity index is 1.43. The molecule has 1 fully saturated rings. The van der Waals surface area contributed by atoms with Crippen molar-refractivity contribution in [2.45, 2.75) is 12.5 Å². The van der Waals surface area contributed by atoms with E-state index in [4.69, 9.17) is 4.74 Å². The van der Waals surface area contributed by atoms with Gasteiger partial charge in [-0.3, -0.25) is 0 Å². The van der Waals surface area contributed by atoms with Crippen molar-refractivity contribution >= 4 is 38.4 Å². The van der Waals surface area contributed by atoms with Crippen LogP contribution in [0.1, 0.15) is 6.42 Å². The van der Waals surface area contributed by atoms with E-state index in [9.17, 15) is 4.39 Å². The number of hydrazine groups is 2. The third kappa shape index (κ3) is 3.01. The molecular formula is C13H13BrFN7OS. The summed E-state index contributed by atoms with van der Waals surface area (Å²) in [5, 5.41) is 14.6. The molecule has 2 N–H and O–H groups in total. The van der Waals surface area contributed by atoms with Crippen LogP contribution in [0.4, 0.5) is 9.52 Å². The topological polar surface area (TPSA) is 77.9 Å². The zero-order valence-corrected chi connectivity index (χ0v) is 14.7. The molecule has 0 aliphatic carbocycles. The van der Waals surface area contributed by atoms with E-state index in [0.29, 0.717) is 21.9 Å². The van der Waals surface area contributed by atoms with Crippen LogP contribution < -0.4 is 20.8 Å². The van der Waals surface area contributed by atoms with Crippen LogP contribution in [0.3, 0.4) is 0 Å². The molecule has 0 amide bonds. The molecule has 0 radical (unpaired) electrons. The van der Waals surface area contributed by atoms with Crippen LogP contribution >= 0.6 is 27.3 Å². The monoisotopic (exact) mass is 413 g/mol. The first kappa shape index (κ1) is 15.5. The lowest BCUT2D eigenvalue weighted by Crippen LogP contribution is -2.47. The van der Waals surface area contributed by atoms with Gasteiger partial charge in [0.2, 0.25) is 11.1 Å². The smallest absolute Gasteiger partial charge is 0.243 e. The van der Waals surface area contributed by atoms with E-state index in [2.05, 4.69) is 47.2 Å². The number of halogens is 2. The van der Waals surface area contributed by atoms with Gasteiger partial charge in [0.1, 0.15) is 23.2 Å². The Bertz CT molecular complexity index is 759. The molecule has 1 aromatic heterocycles. The molecule has 11 heteroatoms. The minimum absolute atomic E-state index is 0.00803. The average molecular weight is 414 g/mol. The molecule has 0 bridgehead atoms. The van der Waals surface area contributed by atoms with Gasteiger partial charge >= 0.3 is 0 Å². The number of hydrogen-bond donors (Lipinski definition) is 2. The standard InChI is InChI=1S/C13H13BrFN7OS/c14-10-5-8(15)1-2-11(10)23-9-3-4-21(6-9)12-17-19-20-22(12)13-18-16-7-24-13/h1-2,5,7,9,19-20H,3-4,6H2/t9-/m0/s1. The summed E-state index contributed by atoms with van der Waals surface area (Å²) in [4.78, 5) is 2.09. The second-order valence-corrected chi connectivity index (χ2v) is 6.91. The highest BCUT2D eigenvalue weighted by molar-refractivity contribution is 9.10. The molecule has 126 valence electrons. The van der Waals surface area contributed by atoms with Crippen LogP contribution in [0.2, 0.25) is 0 Å². The van der Waals surface area contributed by atoms with Gasteiger partial charge in [0.25, 0.3) is 0 Å². The summed E-state index contributed by atoms with van der Waals surface area (Å²) in [7, 11) is 0. The average Bonchev–Trinajstić information content (AvgIpc) is 3.30. The maximum absolute atomic E-state index is 13.2. The first-order valence-electron chi connectivity index (χ1n) is 7.22. The first-order valence-corrected chi connectivity index (χ1v) is 8.89. The van der Waals surface area contributed by atoms with Crippen molar-refractivity contribution in [2.24, 2.45) is 5.10 Å². The number of nitrogens with one attached hydrogen (secondary N) is 2. The van der Waals surface area contributed by atoms with Crippen molar-refractivity contribution in [3.8, 4) is 5.75 Å². The third-order valence-corrected chi connectivity index (χ3v) is 4.97. The van der Waals surface area contributed by atoms with Crippen molar-refractivity contribution in [2.75, 3.05) is 18.1 Å². The Morgan fingerprint density at radius 3 is 3.12 bits per heavy atom. The number of guanidine groups is 1. The number of hydrazone groups is 1. The number of rotatable bonds is 3. The molecule has 3 heterocycles. The lowest BCUT2D eigenvalue weighted by atomic mass is 10.3. The fraction of sp³-hybridized carbons (Fsp3) is 0.308. The van der Waals surface area contributed by atoms with Crippen molar-refractivity contribution in [3.63, 3.8) is 0 Å². The molecular weight excluding hydrogens is 401 g/mol. The molecule has 2 aliphatic rings. The maximum atomic E-state index is 13.2. The van der Waals surface area contributed by atoms with Crippen molar-refractivity contribution in [1.29, 1.82) is 0 Å². The minimum Gasteiger partial charge on any atom is -0.487 e. The van der Waals surface area contributed by atoms with Crippen LogP contribution in [0, 0.1) is 5.82 Å². The zero-order valence-electron chi connectivity index (χ0n) is 12.3. The Kier molecular flexibility index (Phi) is 4.21. The Labute approximate surface area is 149 Å². The molecule has 0 saturated carbocycles. The van der Waals surface area contributed by atoms with E-state index in [-0.39, 0.29) is 11.9 Å². The number of benzene rings is 1. The molecule has 1 aromatic carbocycles. The van der Waals surface area contributed by atoms with Gasteiger partial charge in [-0.25, -0.2) is 9.93 Å². The molecule has 24 heavy (non-hydrogen) atoms. The molecule has 0 spiro atoms. The summed E-state index contributed by atoms with van der Waals surface area (Å²) in [5.41, 5.74) is 7.32. The molecule has 0 unspecified atom stereocenters. The van der Waals surface area contributed by atoms with Crippen LogP contribution in [0.25, 0.3) is 0 Å². The van der Waals surface area contributed by atoms with E-state index in [1.807, 2.05) is 0 Å². The summed E-state index contributed by atoms with van der Waals surface area (Å²) >= 11 is 4.74. The minimum atomic E-state index is -0.299. The van der Waals surface area contributed by atoms with Gasteiger partial charge in [-0.2, -0.15) is 5.01 Å². The summed E-state index contributed by atoms with van der Waals surface area (Å²) < 4.78 is 19.8. The van der Waals surface area contributed by atoms with Crippen LogP contribution in [-0.2, 0) is 0 Å². The van der Waals surface area contributed by atoms with Gasteiger partial charge in [0.05, 0.1) is 11.0 Å². The number of likely N-dealkylation sites (tertiary alicyclic amines) is 1. The first-order chi connectivity index (χ1) is 11.7. The number of hydrogen-bond acceptors (Lipinski definition) is 9. The lowest BCUT2D eigenvalue weighted by molar-refractivity contribution is 0.212. The quantitative estimate of drug-likeness (QED) is 0.792. The van der Waals surface area contributed by atoms with Gasteiger partial charge in [0.15, 0.2) is 0 Å².